The number of hydrazine groups is 1. The first-order chi connectivity index (χ1) is 7.70. The molecule has 4 heteroatoms. The van der Waals surface area contributed by atoms with E-state index in [1.165, 1.54) is 0 Å². The molecule has 1 saturated heterocycles. The van der Waals surface area contributed by atoms with Crippen LogP contribution in [0, 0.1) is 11.8 Å². The molecule has 4 nitrogen and oxygen atoms in total. The molecule has 2 atom stereocenters. The van der Waals surface area contributed by atoms with Crippen LogP contribution in [0.1, 0.15) is 0 Å². The average molecular weight is 214 g/mol. The number of amides is 2. The molecule has 0 aromatic heterocycles. The number of rotatable bonds is 0. The highest BCUT2D eigenvalue weighted by atomic mass is 16.2. The van der Waals surface area contributed by atoms with Crippen molar-refractivity contribution in [1.29, 1.82) is 0 Å². The van der Waals surface area contributed by atoms with Crippen LogP contribution in [-0.4, -0.2) is 16.8 Å². The summed E-state index contributed by atoms with van der Waals surface area (Å²) in [5.41, 5.74) is 1.60. The van der Waals surface area contributed by atoms with Crippen molar-refractivity contribution in [2.45, 2.75) is 0 Å². The first-order valence-electron chi connectivity index (χ1n) is 5.10. The molecule has 1 fully saturated rings. The molecule has 0 bridgehead atoms. The van der Waals surface area contributed by atoms with Crippen molar-refractivity contribution in [3.63, 3.8) is 0 Å². The van der Waals surface area contributed by atoms with Gasteiger partial charge in [0, 0.05) is 11.5 Å². The third-order valence-electron chi connectivity index (χ3n) is 3.21. The summed E-state index contributed by atoms with van der Waals surface area (Å²) in [6.07, 6.45) is 11.0. The summed E-state index contributed by atoms with van der Waals surface area (Å²) in [4.78, 5) is 23.7. The molecule has 80 valence electrons. The molecule has 1 aliphatic heterocycles. The minimum atomic E-state index is -0.392. The predicted molar refractivity (Wildman–Crippen MR) is 57.5 cm³/mol. The van der Waals surface area contributed by atoms with E-state index >= 15 is 0 Å². The molecule has 3 rings (SSSR count). The molecule has 0 saturated carbocycles. The van der Waals surface area contributed by atoms with E-state index in [1.54, 1.807) is 12.2 Å². The second-order valence-electron chi connectivity index (χ2n) is 4.05. The monoisotopic (exact) mass is 214 g/mol. The minimum absolute atomic E-state index is 0.144. The maximum Gasteiger partial charge on any atom is 0.271 e. The fourth-order valence-electron chi connectivity index (χ4n) is 2.44. The van der Waals surface area contributed by atoms with Gasteiger partial charge in [-0.2, -0.15) is 0 Å². The number of allylic oxidation sites excluding steroid dienone is 6. The Bertz CT molecular complexity index is 511. The lowest BCUT2D eigenvalue weighted by atomic mass is 9.72. The number of piperidine rings is 1. The Morgan fingerprint density at radius 2 is 2.00 bits per heavy atom. The molecule has 2 N–H and O–H groups in total. The van der Waals surface area contributed by atoms with Crippen LogP contribution in [0.4, 0.5) is 0 Å². The van der Waals surface area contributed by atoms with Gasteiger partial charge in [0.25, 0.3) is 11.8 Å². The molecular weight excluding hydrogens is 204 g/mol. The van der Waals surface area contributed by atoms with Gasteiger partial charge in [-0.25, -0.2) is 10.9 Å². The van der Waals surface area contributed by atoms with Crippen molar-refractivity contribution in [3.8, 4) is 0 Å². The molecule has 0 aromatic rings. The lowest BCUT2D eigenvalue weighted by Crippen LogP contribution is -2.54. The summed E-state index contributed by atoms with van der Waals surface area (Å²) in [6, 6.07) is 0. The van der Waals surface area contributed by atoms with Crippen molar-refractivity contribution in [1.82, 2.24) is 5.01 Å². The standard InChI is InChI=1S/C12H10N2O2/c13-14-11(15)8-5-1-3-7-4-2-6-9(10(7)8)12(14)16/h1-6,8,10H,13H2/t8-,10-/m0/s1. The summed E-state index contributed by atoms with van der Waals surface area (Å²) in [6.45, 7) is 0. The quantitative estimate of drug-likeness (QED) is 0.362. The number of nitrogens with two attached hydrogens (primary N) is 1. The van der Waals surface area contributed by atoms with Gasteiger partial charge >= 0.3 is 0 Å². The highest BCUT2D eigenvalue weighted by molar-refractivity contribution is 6.09. The third-order valence-corrected chi connectivity index (χ3v) is 3.21. The van der Waals surface area contributed by atoms with Crippen molar-refractivity contribution < 1.29 is 9.59 Å². The maximum absolute atomic E-state index is 11.9. The van der Waals surface area contributed by atoms with Gasteiger partial charge in [-0.1, -0.05) is 36.5 Å². The Morgan fingerprint density at radius 1 is 1.19 bits per heavy atom. The summed E-state index contributed by atoms with van der Waals surface area (Å²) in [5.74, 6) is 4.28. The van der Waals surface area contributed by atoms with E-state index in [0.29, 0.717) is 5.57 Å². The fourth-order valence-corrected chi connectivity index (χ4v) is 2.44. The molecular formula is C12H10N2O2. The van der Waals surface area contributed by atoms with Crippen LogP contribution in [0.25, 0.3) is 0 Å². The van der Waals surface area contributed by atoms with Gasteiger partial charge in [-0.3, -0.25) is 9.59 Å². The molecule has 3 aliphatic rings. The Labute approximate surface area is 92.4 Å². The van der Waals surface area contributed by atoms with Crippen LogP contribution in [0.15, 0.2) is 47.6 Å². The third kappa shape index (κ3) is 1.02. The van der Waals surface area contributed by atoms with E-state index in [1.807, 2.05) is 24.3 Å². The summed E-state index contributed by atoms with van der Waals surface area (Å²) in [5, 5.41) is 0.722. The minimum Gasteiger partial charge on any atom is -0.272 e. The smallest absolute Gasteiger partial charge is 0.271 e. The Kier molecular flexibility index (Phi) is 1.76. The Morgan fingerprint density at radius 3 is 2.81 bits per heavy atom. The number of nitrogens with zero attached hydrogens (tertiary/aromatic N) is 1. The lowest BCUT2D eigenvalue weighted by Gasteiger charge is -2.37. The van der Waals surface area contributed by atoms with Crippen molar-refractivity contribution >= 4 is 11.8 Å². The zero-order chi connectivity index (χ0) is 11.3. The lowest BCUT2D eigenvalue weighted by molar-refractivity contribution is -0.148. The number of hydrogen-bond acceptors (Lipinski definition) is 3. The largest absolute Gasteiger partial charge is 0.272 e. The summed E-state index contributed by atoms with van der Waals surface area (Å²) in [7, 11) is 0. The Balaban J connectivity index is 2.18. The number of carbonyl (C=O) groups is 2. The van der Waals surface area contributed by atoms with Crippen LogP contribution in [0.5, 0.6) is 0 Å². The van der Waals surface area contributed by atoms with E-state index in [4.69, 9.17) is 5.84 Å². The van der Waals surface area contributed by atoms with Gasteiger partial charge < -0.3 is 0 Å². The summed E-state index contributed by atoms with van der Waals surface area (Å²) < 4.78 is 0. The molecule has 0 unspecified atom stereocenters. The zero-order valence-electron chi connectivity index (χ0n) is 8.46. The van der Waals surface area contributed by atoms with Gasteiger partial charge in [0.2, 0.25) is 0 Å². The van der Waals surface area contributed by atoms with Crippen LogP contribution < -0.4 is 5.84 Å². The molecule has 2 amide bonds. The van der Waals surface area contributed by atoms with Gasteiger partial charge in [-0.15, -0.1) is 0 Å². The summed E-state index contributed by atoms with van der Waals surface area (Å²) >= 11 is 0. The highest BCUT2D eigenvalue weighted by Crippen LogP contribution is 2.40. The molecule has 0 spiro atoms. The average Bonchev–Trinajstić information content (AvgIpc) is 2.33. The molecule has 0 aromatic carbocycles. The van der Waals surface area contributed by atoms with Crippen LogP contribution >= 0.6 is 0 Å². The second-order valence-corrected chi connectivity index (χ2v) is 4.05. The van der Waals surface area contributed by atoms with E-state index in [9.17, 15) is 9.59 Å². The van der Waals surface area contributed by atoms with Crippen molar-refractivity contribution in [2.75, 3.05) is 0 Å². The fraction of sp³-hybridized carbons (Fsp3) is 0.167. The normalized spacial score (nSPS) is 31.2. The van der Waals surface area contributed by atoms with Crippen LogP contribution in [-0.2, 0) is 9.59 Å². The van der Waals surface area contributed by atoms with Gasteiger partial charge in [0.15, 0.2) is 0 Å². The van der Waals surface area contributed by atoms with Crippen molar-refractivity contribution in [3.05, 3.63) is 47.6 Å². The van der Waals surface area contributed by atoms with Gasteiger partial charge in [-0.05, 0) is 5.57 Å². The molecule has 16 heavy (non-hydrogen) atoms. The number of imide groups is 1. The van der Waals surface area contributed by atoms with Crippen molar-refractivity contribution in [2.24, 2.45) is 17.7 Å². The topological polar surface area (TPSA) is 63.4 Å². The predicted octanol–water partition coefficient (Wildman–Crippen LogP) is 0.454. The van der Waals surface area contributed by atoms with E-state index in [2.05, 4.69) is 0 Å². The SMILES string of the molecule is NN1C(=O)C2=CC=CC3=CC=C[C@H](C1=O)[C@H]32. The van der Waals surface area contributed by atoms with Gasteiger partial charge in [0.1, 0.15) is 0 Å². The molecule has 1 heterocycles. The van der Waals surface area contributed by atoms with E-state index in [-0.39, 0.29) is 17.7 Å². The maximum atomic E-state index is 11.9. The first kappa shape index (κ1) is 9.30. The van der Waals surface area contributed by atoms with Crippen LogP contribution in [0.3, 0.4) is 0 Å². The zero-order valence-corrected chi connectivity index (χ0v) is 8.46. The Hall–Kier alpha value is -1.94. The van der Waals surface area contributed by atoms with E-state index < -0.39 is 5.91 Å². The highest BCUT2D eigenvalue weighted by Gasteiger charge is 2.44. The molecule has 0 radical (unpaired) electrons. The number of hydrogen-bond donors (Lipinski definition) is 1. The second kappa shape index (κ2) is 3.02. The van der Waals surface area contributed by atoms with Gasteiger partial charge in [0.05, 0.1) is 5.92 Å². The van der Waals surface area contributed by atoms with E-state index in [0.717, 1.165) is 10.6 Å². The van der Waals surface area contributed by atoms with Crippen LogP contribution in [0.2, 0.25) is 0 Å². The molecule has 2 aliphatic carbocycles. The number of carbonyl (C=O) groups excluding carboxylic acids is 2. The first-order valence-corrected chi connectivity index (χ1v) is 5.10.